The summed E-state index contributed by atoms with van der Waals surface area (Å²) in [6.45, 7) is 6.48. The Morgan fingerprint density at radius 3 is 2.44 bits per heavy atom. The average molecular weight is 520 g/mol. The molecular formula is C26H25Cl3N2O3. The molecule has 1 amide bonds. The van der Waals surface area contributed by atoms with Gasteiger partial charge in [-0.3, -0.25) is 4.79 Å². The molecule has 0 aliphatic carbocycles. The SMILES string of the molecule is CCOc1cc(/C=N\NC(=O)Cc2ccc(C)cc2C)cc(Cl)c1OCc1ccc(Cl)cc1Cl. The molecule has 3 aromatic carbocycles. The Morgan fingerprint density at radius 1 is 0.971 bits per heavy atom. The van der Waals surface area contributed by atoms with E-state index < -0.39 is 0 Å². The molecule has 0 aromatic heterocycles. The van der Waals surface area contributed by atoms with Crippen molar-refractivity contribution in [1.82, 2.24) is 5.43 Å². The number of rotatable bonds is 9. The zero-order valence-corrected chi connectivity index (χ0v) is 21.4. The highest BCUT2D eigenvalue weighted by Crippen LogP contribution is 2.37. The summed E-state index contributed by atoms with van der Waals surface area (Å²) in [6.07, 6.45) is 1.75. The maximum atomic E-state index is 12.3. The summed E-state index contributed by atoms with van der Waals surface area (Å²) in [4.78, 5) is 12.3. The number of carbonyl (C=O) groups is 1. The van der Waals surface area contributed by atoms with Crippen LogP contribution >= 0.6 is 34.8 Å². The lowest BCUT2D eigenvalue weighted by molar-refractivity contribution is -0.120. The summed E-state index contributed by atoms with van der Waals surface area (Å²) in [7, 11) is 0. The van der Waals surface area contributed by atoms with Gasteiger partial charge in [-0.2, -0.15) is 5.10 Å². The van der Waals surface area contributed by atoms with E-state index in [2.05, 4.69) is 10.5 Å². The molecule has 8 heteroatoms. The number of aryl methyl sites for hydroxylation is 2. The second-order valence-corrected chi connectivity index (χ2v) is 8.94. The third-order valence-corrected chi connectivity index (χ3v) is 5.84. The van der Waals surface area contributed by atoms with Crippen molar-refractivity contribution in [3.63, 3.8) is 0 Å². The first kappa shape index (κ1) is 25.9. The van der Waals surface area contributed by atoms with Gasteiger partial charge < -0.3 is 9.47 Å². The lowest BCUT2D eigenvalue weighted by Gasteiger charge is -2.15. The Kier molecular flexibility index (Phi) is 9.22. The molecule has 0 bridgehead atoms. The van der Waals surface area contributed by atoms with Crippen molar-refractivity contribution < 1.29 is 14.3 Å². The molecule has 0 saturated carbocycles. The highest BCUT2D eigenvalue weighted by Gasteiger charge is 2.14. The first-order valence-corrected chi connectivity index (χ1v) is 11.8. The first-order chi connectivity index (χ1) is 16.3. The number of carbonyl (C=O) groups excluding carboxylic acids is 1. The largest absolute Gasteiger partial charge is 0.490 e. The predicted molar refractivity (Wildman–Crippen MR) is 139 cm³/mol. The number of nitrogens with zero attached hydrogens (tertiary/aromatic N) is 1. The minimum Gasteiger partial charge on any atom is -0.490 e. The van der Waals surface area contributed by atoms with Crippen LogP contribution in [0.25, 0.3) is 0 Å². The summed E-state index contributed by atoms with van der Waals surface area (Å²) in [5.74, 6) is 0.646. The second-order valence-electron chi connectivity index (χ2n) is 7.69. The normalized spacial score (nSPS) is 11.0. The molecule has 1 N–H and O–H groups in total. The van der Waals surface area contributed by atoms with E-state index in [1.165, 1.54) is 6.21 Å². The summed E-state index contributed by atoms with van der Waals surface area (Å²) < 4.78 is 11.6. The van der Waals surface area contributed by atoms with E-state index in [1.54, 1.807) is 30.3 Å². The van der Waals surface area contributed by atoms with Crippen LogP contribution in [0.5, 0.6) is 11.5 Å². The van der Waals surface area contributed by atoms with Crippen LogP contribution in [0.3, 0.4) is 0 Å². The van der Waals surface area contributed by atoms with Crippen molar-refractivity contribution in [3.8, 4) is 11.5 Å². The van der Waals surface area contributed by atoms with Gasteiger partial charge in [-0.05, 0) is 61.7 Å². The summed E-state index contributed by atoms with van der Waals surface area (Å²) >= 11 is 18.7. The molecule has 0 atom stereocenters. The van der Waals surface area contributed by atoms with E-state index in [4.69, 9.17) is 44.3 Å². The van der Waals surface area contributed by atoms with Crippen molar-refractivity contribution in [2.45, 2.75) is 33.8 Å². The quantitative estimate of drug-likeness (QED) is 0.246. The van der Waals surface area contributed by atoms with Crippen LogP contribution in [0.15, 0.2) is 53.6 Å². The fraction of sp³-hybridized carbons (Fsp3) is 0.231. The fourth-order valence-corrected chi connectivity index (χ4v) is 4.03. The third-order valence-electron chi connectivity index (χ3n) is 4.97. The average Bonchev–Trinajstić information content (AvgIpc) is 2.76. The molecule has 3 rings (SSSR count). The van der Waals surface area contributed by atoms with Crippen molar-refractivity contribution in [1.29, 1.82) is 0 Å². The monoisotopic (exact) mass is 518 g/mol. The van der Waals surface area contributed by atoms with Crippen LogP contribution in [-0.2, 0) is 17.8 Å². The Labute approximate surface area is 214 Å². The molecule has 3 aromatic rings. The highest BCUT2D eigenvalue weighted by molar-refractivity contribution is 6.35. The Morgan fingerprint density at radius 2 is 1.74 bits per heavy atom. The highest BCUT2D eigenvalue weighted by atomic mass is 35.5. The molecule has 0 aliphatic heterocycles. The lowest BCUT2D eigenvalue weighted by Crippen LogP contribution is -2.20. The van der Waals surface area contributed by atoms with Crippen molar-refractivity contribution in [2.75, 3.05) is 6.61 Å². The predicted octanol–water partition coefficient (Wildman–Crippen LogP) is 6.93. The van der Waals surface area contributed by atoms with Crippen molar-refractivity contribution >= 4 is 46.9 Å². The van der Waals surface area contributed by atoms with Gasteiger partial charge in [-0.25, -0.2) is 5.43 Å². The van der Waals surface area contributed by atoms with E-state index in [0.29, 0.717) is 38.7 Å². The molecule has 5 nitrogen and oxygen atoms in total. The molecule has 178 valence electrons. The van der Waals surface area contributed by atoms with Gasteiger partial charge in [0, 0.05) is 15.6 Å². The summed E-state index contributed by atoms with van der Waals surface area (Å²) in [5, 5.41) is 5.46. The van der Waals surface area contributed by atoms with Crippen LogP contribution in [-0.4, -0.2) is 18.7 Å². The molecule has 0 unspecified atom stereocenters. The number of nitrogens with one attached hydrogen (secondary N) is 1. The second kappa shape index (κ2) is 12.1. The van der Waals surface area contributed by atoms with E-state index in [9.17, 15) is 4.79 Å². The topological polar surface area (TPSA) is 59.9 Å². The van der Waals surface area contributed by atoms with Gasteiger partial charge in [0.2, 0.25) is 5.91 Å². The van der Waals surface area contributed by atoms with Gasteiger partial charge in [0.15, 0.2) is 11.5 Å². The number of halogens is 3. The zero-order chi connectivity index (χ0) is 24.7. The number of amides is 1. The smallest absolute Gasteiger partial charge is 0.244 e. The minimum atomic E-state index is -0.209. The molecular weight excluding hydrogens is 495 g/mol. The molecule has 0 fully saturated rings. The zero-order valence-electron chi connectivity index (χ0n) is 19.1. The van der Waals surface area contributed by atoms with Crippen LogP contribution in [0, 0.1) is 13.8 Å². The summed E-state index contributed by atoms with van der Waals surface area (Å²) in [6, 6.07) is 14.6. The molecule has 34 heavy (non-hydrogen) atoms. The van der Waals surface area contributed by atoms with E-state index in [0.717, 1.165) is 22.3 Å². The molecule has 0 radical (unpaired) electrons. The van der Waals surface area contributed by atoms with E-state index in [-0.39, 0.29) is 18.9 Å². The fourth-order valence-electron chi connectivity index (χ4n) is 3.29. The number of ether oxygens (including phenoxy) is 2. The van der Waals surface area contributed by atoms with Gasteiger partial charge in [-0.15, -0.1) is 0 Å². The van der Waals surface area contributed by atoms with Gasteiger partial charge in [0.1, 0.15) is 6.61 Å². The Bertz CT molecular complexity index is 1210. The summed E-state index contributed by atoms with van der Waals surface area (Å²) in [5.41, 5.74) is 7.16. The third kappa shape index (κ3) is 7.13. The van der Waals surface area contributed by atoms with E-state index in [1.807, 2.05) is 39.0 Å². The molecule has 0 aliphatic rings. The van der Waals surface area contributed by atoms with Crippen LogP contribution in [0.1, 0.15) is 34.7 Å². The molecule has 0 spiro atoms. The Hall–Kier alpha value is -2.73. The number of hydrogen-bond acceptors (Lipinski definition) is 4. The number of benzene rings is 3. The lowest BCUT2D eigenvalue weighted by atomic mass is 10.0. The van der Waals surface area contributed by atoms with Gasteiger partial charge >= 0.3 is 0 Å². The molecule has 0 saturated heterocycles. The number of hydrogen-bond donors (Lipinski definition) is 1. The van der Waals surface area contributed by atoms with Gasteiger partial charge in [-0.1, -0.05) is 64.6 Å². The Balaban J connectivity index is 1.68. The van der Waals surface area contributed by atoms with Gasteiger partial charge in [0.25, 0.3) is 0 Å². The van der Waals surface area contributed by atoms with Crippen molar-refractivity contribution in [2.24, 2.45) is 5.10 Å². The number of hydrazone groups is 1. The van der Waals surface area contributed by atoms with Gasteiger partial charge in [0.05, 0.1) is 24.3 Å². The van der Waals surface area contributed by atoms with E-state index >= 15 is 0 Å². The first-order valence-electron chi connectivity index (χ1n) is 10.7. The standard InChI is InChI=1S/C26H25Cl3N2O3/c1-4-33-24-11-18(14-30-31-25(32)12-19-6-5-16(2)9-17(19)3)10-23(29)26(24)34-15-20-7-8-21(27)13-22(20)28/h5-11,13-14H,4,12,15H2,1-3H3,(H,31,32)/b30-14-. The van der Waals surface area contributed by atoms with Crippen LogP contribution in [0.2, 0.25) is 15.1 Å². The molecule has 0 heterocycles. The van der Waals surface area contributed by atoms with Crippen molar-refractivity contribution in [3.05, 3.63) is 91.4 Å². The van der Waals surface area contributed by atoms with Crippen LogP contribution < -0.4 is 14.9 Å². The maximum Gasteiger partial charge on any atom is 0.244 e. The maximum absolute atomic E-state index is 12.3. The van der Waals surface area contributed by atoms with Crippen LogP contribution in [0.4, 0.5) is 0 Å². The minimum absolute atomic E-state index is 0.192.